The molecule has 17 heavy (non-hydrogen) atoms. The monoisotopic (exact) mass is 236 g/mol. The molecule has 0 aromatic heterocycles. The molecule has 0 saturated heterocycles. The summed E-state index contributed by atoms with van der Waals surface area (Å²) in [6.45, 7) is 8.50. The molecule has 0 bridgehead atoms. The SMILES string of the molecule is C/C=C/CC(CC1CCC1)C(=O)CC(C)(C)C. The van der Waals surface area contributed by atoms with Crippen molar-refractivity contribution in [3.8, 4) is 0 Å². The van der Waals surface area contributed by atoms with Gasteiger partial charge in [0.2, 0.25) is 0 Å². The molecule has 1 saturated carbocycles. The quantitative estimate of drug-likeness (QED) is 0.607. The van der Waals surface area contributed by atoms with Crippen LogP contribution in [0.3, 0.4) is 0 Å². The summed E-state index contributed by atoms with van der Waals surface area (Å²) < 4.78 is 0. The molecule has 0 spiro atoms. The van der Waals surface area contributed by atoms with E-state index in [0.29, 0.717) is 5.78 Å². The Morgan fingerprint density at radius 3 is 2.41 bits per heavy atom. The van der Waals surface area contributed by atoms with E-state index in [1.165, 1.54) is 19.3 Å². The third kappa shape index (κ3) is 5.52. The molecule has 1 aliphatic carbocycles. The summed E-state index contributed by atoms with van der Waals surface area (Å²) in [6.07, 6.45) is 11.1. The summed E-state index contributed by atoms with van der Waals surface area (Å²) in [4.78, 5) is 12.3. The minimum absolute atomic E-state index is 0.130. The summed E-state index contributed by atoms with van der Waals surface area (Å²) >= 11 is 0. The Labute approximate surface area is 107 Å². The highest BCUT2D eigenvalue weighted by atomic mass is 16.1. The number of hydrogen-bond acceptors (Lipinski definition) is 1. The van der Waals surface area contributed by atoms with Gasteiger partial charge in [-0.1, -0.05) is 52.2 Å². The van der Waals surface area contributed by atoms with Gasteiger partial charge in [-0.05, 0) is 31.1 Å². The van der Waals surface area contributed by atoms with Crippen molar-refractivity contribution < 1.29 is 4.79 Å². The van der Waals surface area contributed by atoms with Gasteiger partial charge in [-0.25, -0.2) is 0 Å². The summed E-state index contributed by atoms with van der Waals surface area (Å²) in [7, 11) is 0. The number of Topliss-reactive ketones (excluding diaryl/α,β-unsaturated/α-hetero) is 1. The van der Waals surface area contributed by atoms with E-state index in [-0.39, 0.29) is 11.3 Å². The highest BCUT2D eigenvalue weighted by Gasteiger charge is 2.27. The van der Waals surface area contributed by atoms with Crippen molar-refractivity contribution in [2.45, 2.75) is 66.2 Å². The summed E-state index contributed by atoms with van der Waals surface area (Å²) in [5, 5.41) is 0. The Bertz CT molecular complexity index is 266. The van der Waals surface area contributed by atoms with Crippen molar-refractivity contribution in [2.24, 2.45) is 17.3 Å². The van der Waals surface area contributed by atoms with Crippen LogP contribution >= 0.6 is 0 Å². The Kier molecular flexibility index (Phi) is 5.42. The van der Waals surface area contributed by atoms with E-state index in [4.69, 9.17) is 0 Å². The molecular weight excluding hydrogens is 208 g/mol. The molecule has 0 N–H and O–H groups in total. The molecule has 1 heteroatoms. The average molecular weight is 236 g/mol. The lowest BCUT2D eigenvalue weighted by Gasteiger charge is -2.30. The zero-order chi connectivity index (χ0) is 12.9. The van der Waals surface area contributed by atoms with Crippen LogP contribution in [-0.2, 0) is 4.79 Å². The van der Waals surface area contributed by atoms with E-state index in [2.05, 4.69) is 32.9 Å². The summed E-state index contributed by atoms with van der Waals surface area (Å²) in [6, 6.07) is 0. The zero-order valence-electron chi connectivity index (χ0n) is 12.0. The molecule has 1 rings (SSSR count). The third-order valence-corrected chi connectivity index (χ3v) is 3.66. The van der Waals surface area contributed by atoms with Gasteiger partial charge in [-0.15, -0.1) is 0 Å². The number of carbonyl (C=O) groups is 1. The molecule has 0 heterocycles. The normalized spacial score (nSPS) is 19.3. The standard InChI is InChI=1S/C16H28O/c1-5-6-10-14(11-13-8-7-9-13)15(17)12-16(2,3)4/h5-6,13-14H,7-12H2,1-4H3/b6-5+. The van der Waals surface area contributed by atoms with Gasteiger partial charge in [-0.3, -0.25) is 4.79 Å². The van der Waals surface area contributed by atoms with Crippen molar-refractivity contribution >= 4 is 5.78 Å². The summed E-state index contributed by atoms with van der Waals surface area (Å²) in [5.41, 5.74) is 0.130. The first-order valence-electron chi connectivity index (χ1n) is 7.06. The predicted molar refractivity (Wildman–Crippen MR) is 74.0 cm³/mol. The number of rotatable bonds is 6. The fourth-order valence-corrected chi connectivity index (χ4v) is 2.46. The lowest BCUT2D eigenvalue weighted by atomic mass is 9.75. The molecule has 1 fully saturated rings. The molecule has 0 aliphatic heterocycles. The van der Waals surface area contributed by atoms with Crippen LogP contribution in [0.25, 0.3) is 0 Å². The first-order chi connectivity index (χ1) is 7.92. The molecule has 0 radical (unpaired) electrons. The first-order valence-corrected chi connectivity index (χ1v) is 7.06. The van der Waals surface area contributed by atoms with E-state index >= 15 is 0 Å². The lowest BCUT2D eigenvalue weighted by molar-refractivity contribution is -0.125. The minimum Gasteiger partial charge on any atom is -0.299 e. The average Bonchev–Trinajstić information content (AvgIpc) is 2.12. The van der Waals surface area contributed by atoms with Crippen molar-refractivity contribution in [1.82, 2.24) is 0 Å². The third-order valence-electron chi connectivity index (χ3n) is 3.66. The Morgan fingerprint density at radius 1 is 1.35 bits per heavy atom. The van der Waals surface area contributed by atoms with Crippen LogP contribution in [0.1, 0.15) is 66.2 Å². The maximum atomic E-state index is 12.3. The van der Waals surface area contributed by atoms with E-state index < -0.39 is 0 Å². The van der Waals surface area contributed by atoms with Gasteiger partial charge < -0.3 is 0 Å². The molecule has 98 valence electrons. The van der Waals surface area contributed by atoms with Crippen molar-refractivity contribution in [3.05, 3.63) is 12.2 Å². The second kappa shape index (κ2) is 6.37. The summed E-state index contributed by atoms with van der Waals surface area (Å²) in [5.74, 6) is 1.58. The smallest absolute Gasteiger partial charge is 0.136 e. The molecule has 1 atom stereocenters. The molecule has 0 aromatic carbocycles. The van der Waals surface area contributed by atoms with Gasteiger partial charge >= 0.3 is 0 Å². The van der Waals surface area contributed by atoms with Crippen LogP contribution in [0.5, 0.6) is 0 Å². The second-order valence-corrected chi connectivity index (χ2v) is 6.74. The van der Waals surface area contributed by atoms with Gasteiger partial charge in [0.05, 0.1) is 0 Å². The molecule has 0 aromatic rings. The van der Waals surface area contributed by atoms with Gasteiger partial charge in [0.15, 0.2) is 0 Å². The molecule has 1 unspecified atom stereocenters. The van der Waals surface area contributed by atoms with E-state index in [1.54, 1.807) is 0 Å². The van der Waals surface area contributed by atoms with Crippen LogP contribution in [0.15, 0.2) is 12.2 Å². The number of carbonyl (C=O) groups excluding carboxylic acids is 1. The zero-order valence-corrected chi connectivity index (χ0v) is 12.0. The molecule has 1 aliphatic rings. The van der Waals surface area contributed by atoms with Crippen molar-refractivity contribution in [1.29, 1.82) is 0 Å². The maximum Gasteiger partial charge on any atom is 0.136 e. The van der Waals surface area contributed by atoms with Crippen LogP contribution in [-0.4, -0.2) is 5.78 Å². The van der Waals surface area contributed by atoms with Crippen LogP contribution < -0.4 is 0 Å². The van der Waals surface area contributed by atoms with Crippen molar-refractivity contribution in [3.63, 3.8) is 0 Å². The Morgan fingerprint density at radius 2 is 2.00 bits per heavy atom. The topological polar surface area (TPSA) is 17.1 Å². The fourth-order valence-electron chi connectivity index (χ4n) is 2.46. The number of allylic oxidation sites excluding steroid dienone is 2. The van der Waals surface area contributed by atoms with Crippen molar-refractivity contribution in [2.75, 3.05) is 0 Å². The predicted octanol–water partition coefficient (Wildman–Crippen LogP) is 4.76. The number of hydrogen-bond donors (Lipinski definition) is 0. The highest BCUT2D eigenvalue weighted by molar-refractivity contribution is 5.81. The van der Waals surface area contributed by atoms with Crippen LogP contribution in [0, 0.1) is 17.3 Å². The highest BCUT2D eigenvalue weighted by Crippen LogP contribution is 2.35. The molecular formula is C16H28O. The van der Waals surface area contributed by atoms with Crippen LogP contribution in [0.2, 0.25) is 0 Å². The number of ketones is 1. The van der Waals surface area contributed by atoms with Gasteiger partial charge in [-0.2, -0.15) is 0 Å². The van der Waals surface area contributed by atoms with Gasteiger partial charge in [0, 0.05) is 12.3 Å². The second-order valence-electron chi connectivity index (χ2n) is 6.74. The Hall–Kier alpha value is -0.590. The van der Waals surface area contributed by atoms with Crippen LogP contribution in [0.4, 0.5) is 0 Å². The lowest BCUT2D eigenvalue weighted by Crippen LogP contribution is -2.25. The van der Waals surface area contributed by atoms with E-state index in [9.17, 15) is 4.79 Å². The van der Waals surface area contributed by atoms with Gasteiger partial charge in [0.1, 0.15) is 5.78 Å². The first kappa shape index (κ1) is 14.5. The minimum atomic E-state index is 0.130. The van der Waals surface area contributed by atoms with E-state index in [0.717, 1.165) is 25.2 Å². The fraction of sp³-hybridized carbons (Fsp3) is 0.812. The molecule has 1 nitrogen and oxygen atoms in total. The largest absolute Gasteiger partial charge is 0.299 e. The maximum absolute atomic E-state index is 12.3. The Balaban J connectivity index is 2.50. The van der Waals surface area contributed by atoms with E-state index in [1.807, 2.05) is 6.92 Å². The molecule has 0 amide bonds. The van der Waals surface area contributed by atoms with Gasteiger partial charge in [0.25, 0.3) is 0 Å².